The highest BCUT2D eigenvalue weighted by Gasteiger charge is 2.30. The van der Waals surface area contributed by atoms with Crippen LogP contribution in [0.15, 0.2) is 60.7 Å². The van der Waals surface area contributed by atoms with Crippen molar-refractivity contribution in [3.05, 3.63) is 81.8 Å². The maximum Gasteiger partial charge on any atom is 0.220 e. The molecule has 8 rings (SSSR count). The van der Waals surface area contributed by atoms with E-state index in [1.807, 2.05) is 60.7 Å². The lowest BCUT2D eigenvalue weighted by Crippen LogP contribution is -2.37. The van der Waals surface area contributed by atoms with Gasteiger partial charge in [0.1, 0.15) is 13.2 Å². The smallest absolute Gasteiger partial charge is 0.220 e. The Morgan fingerprint density at radius 3 is 1.50 bits per heavy atom. The number of nitrogens with one attached hydrogen (secondary N) is 4. The van der Waals surface area contributed by atoms with Crippen LogP contribution in [-0.2, 0) is 9.59 Å². The molecule has 2 fully saturated rings. The largest absolute Gasteiger partial charge is 0.475 e. The summed E-state index contributed by atoms with van der Waals surface area (Å²) in [6.45, 7) is 2.31. The van der Waals surface area contributed by atoms with Gasteiger partial charge in [-0.3, -0.25) is 9.59 Å². The molecule has 4 N–H and O–H groups in total. The number of hydrogen-bond acceptors (Lipinski definition) is 8. The lowest BCUT2D eigenvalue weighted by molar-refractivity contribution is -0.120. The van der Waals surface area contributed by atoms with E-state index >= 15 is 0 Å². The fourth-order valence-corrected chi connectivity index (χ4v) is 7.56. The van der Waals surface area contributed by atoms with Gasteiger partial charge in [-0.1, -0.05) is 59.6 Å². The molecule has 2 amide bonds. The SMILES string of the molecule is O=C1CC[C@H](CN[C@@H]2COc3nc(-c4cccc(-c5cccc(-c6ccc7c(n6)OC[C@@H]7NC[C@@H]6CCC(=O)N6)c5Cl)c4Cl)ccc32)N1. The van der Waals surface area contributed by atoms with Crippen LogP contribution < -0.4 is 30.7 Å². The summed E-state index contributed by atoms with van der Waals surface area (Å²) in [5, 5.41) is 14.1. The van der Waals surface area contributed by atoms with E-state index in [0.717, 1.165) is 46.2 Å². The summed E-state index contributed by atoms with van der Waals surface area (Å²) < 4.78 is 11.9. The van der Waals surface area contributed by atoms with E-state index in [9.17, 15) is 9.59 Å². The van der Waals surface area contributed by atoms with Crippen molar-refractivity contribution in [1.82, 2.24) is 31.2 Å². The molecule has 4 aromatic rings. The number of benzene rings is 2. The lowest BCUT2D eigenvalue weighted by Gasteiger charge is -2.16. The Bertz CT molecular complexity index is 1780. The van der Waals surface area contributed by atoms with Gasteiger partial charge in [0.2, 0.25) is 23.6 Å². The molecule has 12 heteroatoms. The van der Waals surface area contributed by atoms with Crippen molar-refractivity contribution < 1.29 is 19.1 Å². The van der Waals surface area contributed by atoms with Gasteiger partial charge >= 0.3 is 0 Å². The first-order chi connectivity index (χ1) is 23.4. The van der Waals surface area contributed by atoms with Crippen LogP contribution in [0.1, 0.15) is 48.9 Å². The molecule has 2 aromatic heterocycles. The molecule has 0 bridgehead atoms. The van der Waals surface area contributed by atoms with Crippen molar-refractivity contribution in [1.29, 1.82) is 0 Å². The third kappa shape index (κ3) is 5.98. The van der Waals surface area contributed by atoms with Crippen molar-refractivity contribution in [3.63, 3.8) is 0 Å². The zero-order valence-electron chi connectivity index (χ0n) is 26.0. The van der Waals surface area contributed by atoms with Crippen LogP contribution in [0.4, 0.5) is 0 Å². The summed E-state index contributed by atoms with van der Waals surface area (Å²) in [6.07, 6.45) is 2.83. The van der Waals surface area contributed by atoms with Gasteiger partial charge in [-0.15, -0.1) is 0 Å². The average Bonchev–Trinajstić information content (AvgIpc) is 3.90. The van der Waals surface area contributed by atoms with Gasteiger partial charge in [-0.2, -0.15) is 0 Å². The fourth-order valence-electron chi connectivity index (χ4n) is 6.91. The van der Waals surface area contributed by atoms with Crippen LogP contribution in [-0.4, -0.2) is 60.2 Å². The third-order valence-corrected chi connectivity index (χ3v) is 10.3. The number of fused-ring (bicyclic) bond motifs is 2. The van der Waals surface area contributed by atoms with Crippen LogP contribution >= 0.6 is 23.2 Å². The minimum atomic E-state index is 0.00366. The predicted molar refractivity (Wildman–Crippen MR) is 183 cm³/mol. The second-order valence-electron chi connectivity index (χ2n) is 12.7. The number of hydrogen-bond donors (Lipinski definition) is 4. The number of ether oxygens (including phenoxy) is 2. The normalized spacial score (nSPS) is 22.5. The molecule has 246 valence electrons. The van der Waals surface area contributed by atoms with Crippen LogP contribution in [0.3, 0.4) is 0 Å². The number of aromatic nitrogens is 2. The van der Waals surface area contributed by atoms with Crippen molar-refractivity contribution >= 4 is 35.0 Å². The number of rotatable bonds is 9. The molecule has 0 radical (unpaired) electrons. The summed E-state index contributed by atoms with van der Waals surface area (Å²) in [7, 11) is 0. The van der Waals surface area contributed by atoms with E-state index in [-0.39, 0.29) is 36.0 Å². The summed E-state index contributed by atoms with van der Waals surface area (Å²) in [5.74, 6) is 1.37. The molecule has 0 spiro atoms. The Kier molecular flexibility index (Phi) is 8.42. The zero-order valence-corrected chi connectivity index (χ0v) is 27.5. The molecule has 2 aromatic carbocycles. The molecule has 0 aliphatic carbocycles. The Morgan fingerprint density at radius 1 is 0.646 bits per heavy atom. The monoisotopic (exact) mass is 684 g/mol. The number of nitrogens with zero attached hydrogens (tertiary/aromatic N) is 2. The predicted octanol–water partition coefficient (Wildman–Crippen LogP) is 5.39. The summed E-state index contributed by atoms with van der Waals surface area (Å²) in [4.78, 5) is 32.8. The molecule has 4 aliphatic heterocycles. The summed E-state index contributed by atoms with van der Waals surface area (Å²) in [6, 6.07) is 19.9. The molecule has 10 nitrogen and oxygen atoms in total. The molecule has 0 unspecified atom stereocenters. The molecule has 4 aliphatic rings. The Hall–Kier alpha value is -4.22. The molecule has 6 heterocycles. The topological polar surface area (TPSA) is 126 Å². The molecule has 4 atom stereocenters. The van der Waals surface area contributed by atoms with Gasteiger partial charge in [0, 0.05) is 71.4 Å². The highest BCUT2D eigenvalue weighted by atomic mass is 35.5. The van der Waals surface area contributed by atoms with Crippen LogP contribution in [0, 0.1) is 0 Å². The fraction of sp³-hybridized carbons (Fsp3) is 0.333. The zero-order chi connectivity index (χ0) is 32.8. The van der Waals surface area contributed by atoms with Crippen molar-refractivity contribution in [2.45, 2.75) is 49.9 Å². The molecule has 0 saturated carbocycles. The Labute approximate surface area is 287 Å². The lowest BCUT2D eigenvalue weighted by atomic mass is 9.97. The van der Waals surface area contributed by atoms with E-state index < -0.39 is 0 Å². The maximum absolute atomic E-state index is 11.6. The number of carbonyl (C=O) groups is 2. The first kappa shape index (κ1) is 31.1. The second kappa shape index (κ2) is 13.0. The van der Waals surface area contributed by atoms with Gasteiger partial charge in [0.25, 0.3) is 0 Å². The van der Waals surface area contributed by atoms with Gasteiger partial charge in [-0.05, 0) is 37.1 Å². The van der Waals surface area contributed by atoms with Crippen LogP contribution in [0.25, 0.3) is 33.6 Å². The Morgan fingerprint density at radius 2 is 1.08 bits per heavy atom. The van der Waals surface area contributed by atoms with Crippen molar-refractivity contribution in [2.24, 2.45) is 0 Å². The number of amides is 2. The van der Waals surface area contributed by atoms with E-state index in [1.165, 1.54) is 0 Å². The quantitative estimate of drug-likeness (QED) is 0.185. The van der Waals surface area contributed by atoms with E-state index in [0.29, 0.717) is 72.3 Å². The van der Waals surface area contributed by atoms with Crippen LogP contribution in [0.5, 0.6) is 11.8 Å². The summed E-state index contributed by atoms with van der Waals surface area (Å²) in [5.41, 5.74) is 6.48. The molecular weight excluding hydrogens is 651 g/mol. The highest BCUT2D eigenvalue weighted by molar-refractivity contribution is 6.39. The van der Waals surface area contributed by atoms with E-state index in [4.69, 9.17) is 42.6 Å². The number of pyridine rings is 2. The minimum absolute atomic E-state index is 0.00366. The van der Waals surface area contributed by atoms with Crippen molar-refractivity contribution in [2.75, 3.05) is 26.3 Å². The first-order valence-electron chi connectivity index (χ1n) is 16.3. The number of halogens is 2. The van der Waals surface area contributed by atoms with E-state index in [2.05, 4.69) is 21.3 Å². The van der Waals surface area contributed by atoms with Gasteiger partial charge < -0.3 is 30.7 Å². The second-order valence-corrected chi connectivity index (χ2v) is 13.4. The Balaban J connectivity index is 1.01. The van der Waals surface area contributed by atoms with Gasteiger partial charge in [0.15, 0.2) is 0 Å². The standard InChI is InChI=1S/C36H34Cl2N6O4/c37-33-21(3-1-5-23(33)27-11-9-25-29(17-47-35(25)43-27)39-15-19-7-13-31(45)41-19)22-4-2-6-24(34(22)38)28-12-10-26-30(18-48-36(26)44-28)40-16-20-8-14-32(46)42-20/h1-6,9-12,19-20,29-30,39-40H,7-8,13-18H2,(H,41,45)(H,42,46)/t19-,20+,29-,30+. The summed E-state index contributed by atoms with van der Waals surface area (Å²) >= 11 is 14.2. The van der Waals surface area contributed by atoms with Crippen LogP contribution in [0.2, 0.25) is 10.0 Å². The van der Waals surface area contributed by atoms with Gasteiger partial charge in [-0.25, -0.2) is 9.97 Å². The maximum atomic E-state index is 11.6. The van der Waals surface area contributed by atoms with Crippen molar-refractivity contribution in [3.8, 4) is 45.4 Å². The molecular formula is C36H34Cl2N6O4. The average molecular weight is 686 g/mol. The first-order valence-corrected chi connectivity index (χ1v) is 17.1. The van der Waals surface area contributed by atoms with E-state index in [1.54, 1.807) is 0 Å². The highest BCUT2D eigenvalue weighted by Crippen LogP contribution is 2.43. The minimum Gasteiger partial charge on any atom is -0.475 e. The molecule has 48 heavy (non-hydrogen) atoms. The third-order valence-electron chi connectivity index (χ3n) is 9.53. The van der Waals surface area contributed by atoms with Gasteiger partial charge in [0.05, 0.1) is 33.5 Å². The number of carbonyl (C=O) groups excluding carboxylic acids is 2. The molecule has 2 saturated heterocycles.